The Morgan fingerprint density at radius 3 is 2.40 bits per heavy atom. The Morgan fingerprint density at radius 1 is 1.28 bits per heavy atom. The average molecular weight is 350 g/mol. The first-order valence-corrected chi connectivity index (χ1v) is 8.59. The molecule has 0 aromatic heterocycles. The number of carboxylic acids is 1. The quantitative estimate of drug-likeness (QED) is 0.653. The summed E-state index contributed by atoms with van der Waals surface area (Å²) in [5, 5.41) is 42.3. The minimum atomic E-state index is -1.72. The number of aliphatic hydroxyl groups is 2. The van der Waals surface area contributed by atoms with E-state index in [0.29, 0.717) is 12.0 Å². The van der Waals surface area contributed by atoms with Gasteiger partial charge in [-0.3, -0.25) is 0 Å². The molecular formula is C19H26O6. The van der Waals surface area contributed by atoms with Gasteiger partial charge in [-0.25, -0.2) is 4.79 Å². The summed E-state index contributed by atoms with van der Waals surface area (Å²) in [4.78, 5) is 11.9. The Bertz CT molecular complexity index is 753. The van der Waals surface area contributed by atoms with E-state index in [4.69, 9.17) is 4.74 Å². The fourth-order valence-electron chi connectivity index (χ4n) is 4.75. The van der Waals surface area contributed by atoms with Crippen molar-refractivity contribution < 1.29 is 30.0 Å². The largest absolute Gasteiger partial charge is 0.504 e. The Balaban J connectivity index is 2.37. The highest BCUT2D eigenvalue weighted by Gasteiger charge is 2.69. The average Bonchev–Trinajstić information content (AvgIpc) is 2.69. The molecule has 1 saturated carbocycles. The van der Waals surface area contributed by atoms with Crippen LogP contribution in [0.3, 0.4) is 0 Å². The lowest BCUT2D eigenvalue weighted by molar-refractivity contribution is -0.270. The summed E-state index contributed by atoms with van der Waals surface area (Å²) in [5.41, 5.74) is -1.26. The van der Waals surface area contributed by atoms with Crippen molar-refractivity contribution in [2.75, 3.05) is 0 Å². The van der Waals surface area contributed by atoms with Crippen LogP contribution in [-0.4, -0.2) is 38.3 Å². The molecule has 25 heavy (non-hydrogen) atoms. The third-order valence-corrected chi connectivity index (χ3v) is 5.99. The monoisotopic (exact) mass is 350 g/mol. The lowest BCUT2D eigenvalue weighted by Crippen LogP contribution is -2.64. The van der Waals surface area contributed by atoms with E-state index in [-0.39, 0.29) is 35.0 Å². The third-order valence-electron chi connectivity index (χ3n) is 5.99. The third kappa shape index (κ3) is 2.13. The number of benzene rings is 1. The molecule has 2 aliphatic rings. The van der Waals surface area contributed by atoms with E-state index in [0.717, 1.165) is 0 Å². The second-order valence-corrected chi connectivity index (χ2v) is 8.55. The van der Waals surface area contributed by atoms with Crippen LogP contribution in [0.4, 0.5) is 0 Å². The van der Waals surface area contributed by atoms with Crippen LogP contribution in [0.1, 0.15) is 74.9 Å². The number of phenols is 1. The van der Waals surface area contributed by atoms with Crippen LogP contribution in [0.2, 0.25) is 0 Å². The number of ether oxygens (including phenoxy) is 1. The number of carboxylic acid groups (broad SMARTS) is 1. The van der Waals surface area contributed by atoms with Gasteiger partial charge in [-0.2, -0.15) is 0 Å². The number of carbonyl (C=O) groups is 1. The molecule has 0 spiro atoms. The van der Waals surface area contributed by atoms with E-state index < -0.39 is 28.7 Å². The molecular weight excluding hydrogens is 324 g/mol. The number of hydrogen-bond acceptors (Lipinski definition) is 5. The molecule has 0 bridgehead atoms. The summed E-state index contributed by atoms with van der Waals surface area (Å²) in [6.07, 6.45) is -0.239. The molecule has 0 radical (unpaired) electrons. The molecule has 1 aromatic carbocycles. The normalized spacial score (nSPS) is 32.9. The SMILES string of the molecule is CC(C)c1cc(C(=O)O)c2c(c1O)O[C@]1(O)C(C)(C)C[C@H](O)C[C@]21C. The van der Waals surface area contributed by atoms with Crippen LogP contribution in [-0.2, 0) is 5.41 Å². The highest BCUT2D eigenvalue weighted by molar-refractivity contribution is 5.92. The molecule has 0 unspecified atom stereocenters. The molecule has 138 valence electrons. The van der Waals surface area contributed by atoms with Crippen LogP contribution in [0.15, 0.2) is 6.07 Å². The lowest BCUT2D eigenvalue weighted by Gasteiger charge is -2.53. The van der Waals surface area contributed by atoms with Crippen LogP contribution < -0.4 is 4.74 Å². The molecule has 0 amide bonds. The number of rotatable bonds is 2. The molecule has 3 rings (SSSR count). The molecule has 0 saturated heterocycles. The molecule has 1 heterocycles. The summed E-state index contributed by atoms with van der Waals surface area (Å²) < 4.78 is 5.91. The Morgan fingerprint density at radius 2 is 1.88 bits per heavy atom. The zero-order valence-corrected chi connectivity index (χ0v) is 15.3. The van der Waals surface area contributed by atoms with Gasteiger partial charge in [0.05, 0.1) is 17.1 Å². The summed E-state index contributed by atoms with van der Waals surface area (Å²) in [5.74, 6) is -3.10. The Kier molecular flexibility index (Phi) is 3.68. The molecule has 6 heteroatoms. The number of hydrogen-bond donors (Lipinski definition) is 4. The predicted molar refractivity (Wildman–Crippen MR) is 91.1 cm³/mol. The first kappa shape index (κ1) is 18.0. The van der Waals surface area contributed by atoms with Gasteiger partial charge in [0.25, 0.3) is 0 Å². The van der Waals surface area contributed by atoms with Gasteiger partial charge in [-0.15, -0.1) is 0 Å². The van der Waals surface area contributed by atoms with Gasteiger partial charge in [0.1, 0.15) is 0 Å². The minimum absolute atomic E-state index is 0.000162. The maximum atomic E-state index is 11.9. The van der Waals surface area contributed by atoms with Gasteiger partial charge in [0.15, 0.2) is 11.5 Å². The summed E-state index contributed by atoms with van der Waals surface area (Å²) in [7, 11) is 0. The van der Waals surface area contributed by atoms with E-state index >= 15 is 0 Å². The molecule has 1 aliphatic carbocycles. The minimum Gasteiger partial charge on any atom is -0.504 e. The van der Waals surface area contributed by atoms with Crippen molar-refractivity contribution >= 4 is 5.97 Å². The fraction of sp³-hybridized carbons (Fsp3) is 0.632. The van der Waals surface area contributed by atoms with Gasteiger partial charge in [-0.1, -0.05) is 27.7 Å². The van der Waals surface area contributed by atoms with E-state index in [1.165, 1.54) is 6.07 Å². The van der Waals surface area contributed by atoms with Crippen molar-refractivity contribution in [1.29, 1.82) is 0 Å². The van der Waals surface area contributed by atoms with E-state index in [1.54, 1.807) is 20.8 Å². The van der Waals surface area contributed by atoms with Crippen molar-refractivity contribution in [3.05, 3.63) is 22.8 Å². The summed E-state index contributed by atoms with van der Waals surface area (Å²) >= 11 is 0. The Hall–Kier alpha value is -1.79. The predicted octanol–water partition coefficient (Wildman–Crippen LogP) is 2.73. The topological polar surface area (TPSA) is 107 Å². The van der Waals surface area contributed by atoms with Crippen molar-refractivity contribution in [2.24, 2.45) is 5.41 Å². The van der Waals surface area contributed by atoms with Gasteiger partial charge in [0.2, 0.25) is 5.79 Å². The zero-order chi connectivity index (χ0) is 18.9. The van der Waals surface area contributed by atoms with Crippen LogP contribution in [0.25, 0.3) is 0 Å². The first-order chi connectivity index (χ1) is 11.4. The maximum absolute atomic E-state index is 11.9. The number of aromatic carboxylic acids is 1. The maximum Gasteiger partial charge on any atom is 0.336 e. The second kappa shape index (κ2) is 5.11. The van der Waals surface area contributed by atoms with Crippen LogP contribution >= 0.6 is 0 Å². The highest BCUT2D eigenvalue weighted by atomic mass is 16.6. The lowest BCUT2D eigenvalue weighted by atomic mass is 9.56. The number of phenolic OH excluding ortho intramolecular Hbond substituents is 1. The molecule has 3 atom stereocenters. The first-order valence-electron chi connectivity index (χ1n) is 8.59. The fourth-order valence-corrected chi connectivity index (χ4v) is 4.75. The highest BCUT2D eigenvalue weighted by Crippen LogP contribution is 2.64. The second-order valence-electron chi connectivity index (χ2n) is 8.55. The standard InChI is InChI=1S/C19H26O6/c1-9(2)11-6-12(16(22)23)13-15(14(11)21)25-19(24)17(3,4)7-10(20)8-18(13,19)5/h6,9-10,20-21,24H,7-8H2,1-5H3,(H,22,23)/t10-,18+,19+/m0/s1. The van der Waals surface area contributed by atoms with Crippen molar-refractivity contribution in [2.45, 2.75) is 70.7 Å². The smallest absolute Gasteiger partial charge is 0.336 e. The molecule has 6 nitrogen and oxygen atoms in total. The van der Waals surface area contributed by atoms with Gasteiger partial charge in [-0.05, 0) is 31.7 Å². The van der Waals surface area contributed by atoms with Crippen molar-refractivity contribution in [3.8, 4) is 11.5 Å². The Labute approximate surface area is 147 Å². The molecule has 1 aliphatic heterocycles. The zero-order valence-electron chi connectivity index (χ0n) is 15.3. The number of aliphatic hydroxyl groups excluding tert-OH is 1. The molecule has 1 aromatic rings. The van der Waals surface area contributed by atoms with Crippen LogP contribution in [0.5, 0.6) is 11.5 Å². The van der Waals surface area contributed by atoms with E-state index in [9.17, 15) is 25.2 Å². The van der Waals surface area contributed by atoms with Crippen molar-refractivity contribution in [3.63, 3.8) is 0 Å². The number of aromatic hydroxyl groups is 1. The molecule has 1 fully saturated rings. The summed E-state index contributed by atoms with van der Waals surface area (Å²) in [6, 6.07) is 1.45. The van der Waals surface area contributed by atoms with E-state index in [2.05, 4.69) is 0 Å². The van der Waals surface area contributed by atoms with Gasteiger partial charge >= 0.3 is 5.97 Å². The van der Waals surface area contributed by atoms with Gasteiger partial charge < -0.3 is 25.2 Å². The summed E-state index contributed by atoms with van der Waals surface area (Å²) in [6.45, 7) is 8.95. The molecule has 4 N–H and O–H groups in total. The van der Waals surface area contributed by atoms with Crippen molar-refractivity contribution in [1.82, 2.24) is 0 Å². The van der Waals surface area contributed by atoms with E-state index in [1.807, 2.05) is 13.8 Å². The number of fused-ring (bicyclic) bond motifs is 3. The van der Waals surface area contributed by atoms with Gasteiger partial charge in [0, 0.05) is 16.5 Å². The van der Waals surface area contributed by atoms with Crippen LogP contribution in [0, 0.1) is 5.41 Å².